The maximum atomic E-state index is 13.9. The number of hydrogen-bond acceptors (Lipinski definition) is 5. The smallest absolute Gasteiger partial charge is 0.335 e. The summed E-state index contributed by atoms with van der Waals surface area (Å²) in [4.78, 5) is 39.3. The molecule has 4 amide bonds. The number of imide groups is 2. The van der Waals surface area contributed by atoms with Gasteiger partial charge in [0, 0.05) is 21.2 Å². The summed E-state index contributed by atoms with van der Waals surface area (Å²) in [6.07, 6.45) is 1.32. The van der Waals surface area contributed by atoms with Gasteiger partial charge in [-0.15, -0.1) is 0 Å². The van der Waals surface area contributed by atoms with E-state index in [0.29, 0.717) is 32.7 Å². The molecule has 0 aromatic heterocycles. The van der Waals surface area contributed by atoms with Crippen LogP contribution in [-0.4, -0.2) is 17.8 Å². The molecular weight excluding hydrogens is 606 g/mol. The first-order chi connectivity index (χ1) is 20.2. The third-order valence-corrected chi connectivity index (χ3v) is 7.10. The number of halogens is 4. The van der Waals surface area contributed by atoms with Crippen LogP contribution in [0.25, 0.3) is 6.08 Å². The van der Waals surface area contributed by atoms with Crippen LogP contribution in [0.15, 0.2) is 90.5 Å². The summed E-state index contributed by atoms with van der Waals surface area (Å²) in [5.41, 5.74) is 1.45. The number of hydrogen-bond donors (Lipinski definition) is 1. The van der Waals surface area contributed by atoms with Gasteiger partial charge in [-0.05, 0) is 66.2 Å². The molecule has 4 aromatic rings. The van der Waals surface area contributed by atoms with Gasteiger partial charge in [0.2, 0.25) is 0 Å². The largest absolute Gasteiger partial charge is 0.489 e. The highest BCUT2D eigenvalue weighted by Gasteiger charge is 2.36. The summed E-state index contributed by atoms with van der Waals surface area (Å²) in [6.45, 7) is 0.138. The molecule has 42 heavy (non-hydrogen) atoms. The zero-order valence-corrected chi connectivity index (χ0v) is 23.8. The highest BCUT2D eigenvalue weighted by molar-refractivity contribution is 6.39. The van der Waals surface area contributed by atoms with Crippen molar-refractivity contribution in [3.63, 3.8) is 0 Å². The normalized spacial score (nSPS) is 14.2. The number of urea groups is 1. The minimum atomic E-state index is -0.890. The third-order valence-electron chi connectivity index (χ3n) is 6.21. The Hall–Kier alpha value is -4.37. The van der Waals surface area contributed by atoms with E-state index in [9.17, 15) is 18.8 Å². The molecule has 11 heteroatoms. The molecule has 0 aliphatic carbocycles. The van der Waals surface area contributed by atoms with Gasteiger partial charge in [-0.1, -0.05) is 65.1 Å². The Morgan fingerprint density at radius 3 is 2.24 bits per heavy atom. The minimum absolute atomic E-state index is 0.0382. The van der Waals surface area contributed by atoms with E-state index in [1.54, 1.807) is 60.7 Å². The Kier molecular flexibility index (Phi) is 8.77. The Morgan fingerprint density at radius 1 is 0.786 bits per heavy atom. The summed E-state index contributed by atoms with van der Waals surface area (Å²) in [5.74, 6) is -1.31. The predicted octanol–water partition coefficient (Wildman–Crippen LogP) is 7.61. The fraction of sp³-hybridized carbons (Fsp3) is 0.0645. The lowest BCUT2D eigenvalue weighted by Crippen LogP contribution is -2.54. The van der Waals surface area contributed by atoms with E-state index in [1.807, 2.05) is 0 Å². The van der Waals surface area contributed by atoms with Crippen molar-refractivity contribution >= 4 is 64.4 Å². The van der Waals surface area contributed by atoms with Gasteiger partial charge in [-0.2, -0.15) is 0 Å². The van der Waals surface area contributed by atoms with Crippen molar-refractivity contribution < 1.29 is 28.2 Å². The Bertz CT molecular complexity index is 1730. The van der Waals surface area contributed by atoms with Gasteiger partial charge < -0.3 is 9.47 Å². The molecule has 0 bridgehead atoms. The lowest BCUT2D eigenvalue weighted by Gasteiger charge is -2.26. The number of amides is 4. The molecule has 1 heterocycles. The average molecular weight is 626 g/mol. The lowest BCUT2D eigenvalue weighted by molar-refractivity contribution is -0.122. The van der Waals surface area contributed by atoms with Gasteiger partial charge in [-0.25, -0.2) is 14.1 Å². The first-order valence-electron chi connectivity index (χ1n) is 12.4. The van der Waals surface area contributed by atoms with Crippen LogP contribution in [0.1, 0.15) is 16.7 Å². The number of carbonyl (C=O) groups excluding carboxylic acids is 3. The number of rotatable bonds is 8. The predicted molar refractivity (Wildman–Crippen MR) is 158 cm³/mol. The van der Waals surface area contributed by atoms with Crippen LogP contribution in [0.3, 0.4) is 0 Å². The van der Waals surface area contributed by atoms with E-state index in [4.69, 9.17) is 44.3 Å². The molecule has 7 nitrogen and oxygen atoms in total. The molecule has 1 aliphatic heterocycles. The van der Waals surface area contributed by atoms with Gasteiger partial charge in [-0.3, -0.25) is 14.9 Å². The van der Waals surface area contributed by atoms with Crippen molar-refractivity contribution in [1.82, 2.24) is 5.32 Å². The number of anilines is 1. The molecule has 4 aromatic carbocycles. The maximum Gasteiger partial charge on any atom is 0.335 e. The first kappa shape index (κ1) is 29.1. The molecule has 0 spiro atoms. The van der Waals surface area contributed by atoms with Crippen LogP contribution < -0.4 is 19.7 Å². The molecule has 1 aliphatic rings. The summed E-state index contributed by atoms with van der Waals surface area (Å²) in [6, 6.07) is 21.2. The van der Waals surface area contributed by atoms with Crippen molar-refractivity contribution in [2.45, 2.75) is 13.2 Å². The van der Waals surface area contributed by atoms with Gasteiger partial charge in [0.15, 0.2) is 0 Å². The molecule has 1 saturated heterocycles. The molecule has 1 fully saturated rings. The second-order valence-electron chi connectivity index (χ2n) is 9.05. The van der Waals surface area contributed by atoms with Crippen molar-refractivity contribution in [2.75, 3.05) is 4.90 Å². The van der Waals surface area contributed by atoms with E-state index in [2.05, 4.69) is 5.32 Å². The van der Waals surface area contributed by atoms with Crippen molar-refractivity contribution in [2.24, 2.45) is 0 Å². The van der Waals surface area contributed by atoms with E-state index in [-0.39, 0.29) is 29.5 Å². The van der Waals surface area contributed by atoms with Crippen LogP contribution in [0.4, 0.5) is 14.9 Å². The minimum Gasteiger partial charge on any atom is -0.489 e. The monoisotopic (exact) mass is 624 g/mol. The van der Waals surface area contributed by atoms with Crippen LogP contribution in [-0.2, 0) is 22.8 Å². The zero-order valence-electron chi connectivity index (χ0n) is 21.6. The summed E-state index contributed by atoms with van der Waals surface area (Å²) >= 11 is 18.5. The number of benzene rings is 4. The van der Waals surface area contributed by atoms with Gasteiger partial charge >= 0.3 is 6.03 Å². The van der Waals surface area contributed by atoms with Crippen molar-refractivity contribution in [1.29, 1.82) is 0 Å². The molecule has 0 radical (unpaired) electrons. The van der Waals surface area contributed by atoms with E-state index >= 15 is 0 Å². The number of ether oxygens (including phenoxy) is 2. The zero-order chi connectivity index (χ0) is 29.8. The Labute approximate surface area is 255 Å². The summed E-state index contributed by atoms with van der Waals surface area (Å²) < 4.78 is 25.3. The number of nitrogens with zero attached hydrogens (tertiary/aromatic N) is 1. The number of carbonyl (C=O) groups is 3. The van der Waals surface area contributed by atoms with Crippen LogP contribution >= 0.6 is 34.8 Å². The molecule has 0 unspecified atom stereocenters. The van der Waals surface area contributed by atoms with Gasteiger partial charge in [0.05, 0.1) is 10.7 Å². The molecular formula is C31H20Cl3FN2O5. The standard InChI is InChI=1S/C31H20Cl3FN2O5/c32-21-7-6-19(25(33)15-21)16-41-23-10-8-22(9-11-23)37-30(39)24(29(38)36-31(37)40)13-18-5-12-28(26(34)14-18)42-17-20-3-1-2-4-27(20)35/h1-15H,16-17H2,(H,36,38,40)/b24-13+. The molecule has 0 atom stereocenters. The lowest BCUT2D eigenvalue weighted by atomic mass is 10.1. The SMILES string of the molecule is O=C1NC(=O)N(c2ccc(OCc3ccc(Cl)cc3Cl)cc2)C(=O)/C1=C/c1ccc(OCc2ccccc2F)c(Cl)c1. The van der Waals surface area contributed by atoms with Crippen LogP contribution in [0.2, 0.25) is 15.1 Å². The molecule has 0 saturated carbocycles. The fourth-order valence-corrected chi connectivity index (χ4v) is 4.75. The maximum absolute atomic E-state index is 13.9. The topological polar surface area (TPSA) is 84.9 Å². The Morgan fingerprint density at radius 2 is 1.52 bits per heavy atom. The van der Waals surface area contributed by atoms with Gasteiger partial charge in [0.25, 0.3) is 11.8 Å². The second-order valence-corrected chi connectivity index (χ2v) is 10.3. The highest BCUT2D eigenvalue weighted by Crippen LogP contribution is 2.30. The van der Waals surface area contributed by atoms with E-state index in [1.165, 1.54) is 30.3 Å². The highest BCUT2D eigenvalue weighted by atomic mass is 35.5. The number of barbiturate groups is 1. The fourth-order valence-electron chi connectivity index (χ4n) is 4.04. The summed E-state index contributed by atoms with van der Waals surface area (Å²) in [7, 11) is 0. The molecule has 212 valence electrons. The van der Waals surface area contributed by atoms with E-state index < -0.39 is 23.7 Å². The second kappa shape index (κ2) is 12.7. The van der Waals surface area contributed by atoms with Crippen molar-refractivity contribution in [3.8, 4) is 11.5 Å². The van der Waals surface area contributed by atoms with Gasteiger partial charge in [0.1, 0.15) is 36.1 Å². The van der Waals surface area contributed by atoms with E-state index in [0.717, 1.165) is 10.5 Å². The Balaban J connectivity index is 1.29. The summed E-state index contributed by atoms with van der Waals surface area (Å²) in [5, 5.41) is 3.34. The number of nitrogens with one attached hydrogen (secondary N) is 1. The average Bonchev–Trinajstić information content (AvgIpc) is 2.96. The first-order valence-corrected chi connectivity index (χ1v) is 13.6. The van der Waals surface area contributed by atoms with Crippen LogP contribution in [0, 0.1) is 5.82 Å². The third kappa shape index (κ3) is 6.57. The molecule has 1 N–H and O–H groups in total. The van der Waals surface area contributed by atoms with Crippen LogP contribution in [0.5, 0.6) is 11.5 Å². The van der Waals surface area contributed by atoms with Crippen molar-refractivity contribution in [3.05, 3.63) is 128 Å². The quantitative estimate of drug-likeness (QED) is 0.161. The molecule has 5 rings (SSSR count).